The van der Waals surface area contributed by atoms with E-state index in [9.17, 15) is 14.4 Å². The topological polar surface area (TPSA) is 93.4 Å². The third kappa shape index (κ3) is 4.28. The lowest BCUT2D eigenvalue weighted by molar-refractivity contribution is -0.127. The van der Waals surface area contributed by atoms with Crippen molar-refractivity contribution in [1.29, 1.82) is 0 Å². The number of likely N-dealkylation sites (N-methyl/N-ethyl adjacent to an activating group) is 2. The minimum Gasteiger partial charge on any atom is -0.497 e. The number of halogens is 1. The molecule has 0 unspecified atom stereocenters. The van der Waals surface area contributed by atoms with Crippen molar-refractivity contribution in [3.05, 3.63) is 83.0 Å². The van der Waals surface area contributed by atoms with E-state index in [-0.39, 0.29) is 16.3 Å². The summed E-state index contributed by atoms with van der Waals surface area (Å²) in [7, 11) is 4.79. The smallest absolute Gasteiger partial charge is 0.271 e. The predicted molar refractivity (Wildman–Crippen MR) is 158 cm³/mol. The summed E-state index contributed by atoms with van der Waals surface area (Å²) in [5.74, 6) is 0.556. The number of hydrogen-bond donors (Lipinski definition) is 0. The second kappa shape index (κ2) is 10.7. The lowest BCUT2D eigenvalue weighted by Crippen LogP contribution is -2.43. The van der Waals surface area contributed by atoms with Gasteiger partial charge in [0.2, 0.25) is 0 Å². The van der Waals surface area contributed by atoms with Crippen molar-refractivity contribution in [2.24, 2.45) is 4.99 Å². The molecule has 2 aliphatic heterocycles. The van der Waals surface area contributed by atoms with Crippen LogP contribution in [0, 0.1) is 0 Å². The van der Waals surface area contributed by atoms with Gasteiger partial charge in [0, 0.05) is 35.7 Å². The number of fused-ring (bicyclic) bond motifs is 2. The van der Waals surface area contributed by atoms with Crippen LogP contribution in [0.25, 0.3) is 5.57 Å². The van der Waals surface area contributed by atoms with E-state index in [4.69, 9.17) is 14.5 Å². The number of aromatic nitrogens is 1. The van der Waals surface area contributed by atoms with Crippen LogP contribution in [0.4, 0.5) is 5.69 Å². The van der Waals surface area contributed by atoms with Crippen LogP contribution >= 0.6 is 27.3 Å². The molecule has 2 aromatic carbocycles. The van der Waals surface area contributed by atoms with Crippen LogP contribution < -0.4 is 29.3 Å². The average Bonchev–Trinajstić information content (AvgIpc) is 3.39. The Kier molecular flexibility index (Phi) is 7.45. The Morgan fingerprint density at radius 1 is 1.10 bits per heavy atom. The van der Waals surface area contributed by atoms with Gasteiger partial charge in [0.05, 0.1) is 36.8 Å². The number of thiazole rings is 1. The van der Waals surface area contributed by atoms with E-state index in [1.807, 2.05) is 32.0 Å². The van der Waals surface area contributed by atoms with E-state index < -0.39 is 11.6 Å². The monoisotopic (exact) mass is 624 g/mol. The molecule has 0 saturated heterocycles. The van der Waals surface area contributed by atoms with Gasteiger partial charge in [-0.15, -0.1) is 0 Å². The molecule has 1 aromatic heterocycles. The summed E-state index contributed by atoms with van der Waals surface area (Å²) in [5, 5.41) is 0. The molecule has 3 aromatic rings. The van der Waals surface area contributed by atoms with Crippen LogP contribution in [0.15, 0.2) is 61.9 Å². The Morgan fingerprint density at radius 2 is 1.82 bits per heavy atom. The van der Waals surface area contributed by atoms with Crippen molar-refractivity contribution in [1.82, 2.24) is 9.47 Å². The molecule has 0 bridgehead atoms. The van der Waals surface area contributed by atoms with Crippen LogP contribution in [0.1, 0.15) is 37.9 Å². The quantitative estimate of drug-likeness (QED) is 0.420. The zero-order valence-electron chi connectivity index (χ0n) is 23.1. The summed E-state index contributed by atoms with van der Waals surface area (Å²) in [6, 6.07) is 9.99. The van der Waals surface area contributed by atoms with Crippen molar-refractivity contribution in [3.63, 3.8) is 0 Å². The summed E-state index contributed by atoms with van der Waals surface area (Å²) < 4.78 is 13.8. The molecule has 0 spiro atoms. The number of carbonyl (C=O) groups is 2. The molecule has 40 heavy (non-hydrogen) atoms. The highest BCUT2D eigenvalue weighted by atomic mass is 79.9. The number of anilines is 1. The van der Waals surface area contributed by atoms with Gasteiger partial charge in [0.15, 0.2) is 4.80 Å². The van der Waals surface area contributed by atoms with Gasteiger partial charge < -0.3 is 19.3 Å². The zero-order chi connectivity index (χ0) is 28.9. The van der Waals surface area contributed by atoms with E-state index >= 15 is 0 Å². The van der Waals surface area contributed by atoms with Crippen LogP contribution in [-0.2, 0) is 9.59 Å². The minimum atomic E-state index is -0.847. The fourth-order valence-electron chi connectivity index (χ4n) is 5.29. The highest BCUT2D eigenvalue weighted by molar-refractivity contribution is 9.10. The molecule has 0 N–H and O–H groups in total. The van der Waals surface area contributed by atoms with Crippen LogP contribution in [0.3, 0.4) is 0 Å². The molecular formula is C29H29BrN4O5S. The number of hydrogen-bond acceptors (Lipinski definition) is 7. The molecular weight excluding hydrogens is 596 g/mol. The Labute approximate surface area is 243 Å². The number of carbonyl (C=O) groups excluding carboxylic acids is 2. The standard InChI is InChI=1S/C29H29BrN4O5S/c1-7-33(8-2)27(36)22-15(3)31-29-34(24(22)19-14-17(38-5)10-12-21(19)39-6)28(37)25(40-29)23-18-13-16(30)9-11-20(18)32(4)26(23)35/h9-14,24H,7-8H2,1-6H3/b25-23+/t24-/m1/s1. The first-order valence-corrected chi connectivity index (χ1v) is 14.4. The Hall–Kier alpha value is -3.70. The molecule has 11 heteroatoms. The maximum Gasteiger partial charge on any atom is 0.271 e. The normalized spacial score (nSPS) is 17.4. The van der Waals surface area contributed by atoms with Crippen LogP contribution in [0.2, 0.25) is 0 Å². The second-order valence-electron chi connectivity index (χ2n) is 9.39. The number of rotatable bonds is 6. The zero-order valence-corrected chi connectivity index (χ0v) is 25.5. The molecule has 5 rings (SSSR count). The largest absolute Gasteiger partial charge is 0.497 e. The number of benzene rings is 2. The first kappa shape index (κ1) is 27.9. The number of nitrogens with zero attached hydrogens (tertiary/aromatic N) is 4. The molecule has 0 radical (unpaired) electrons. The molecule has 2 amide bonds. The van der Waals surface area contributed by atoms with Crippen molar-refractivity contribution in [3.8, 4) is 11.5 Å². The van der Waals surface area contributed by atoms with E-state index in [1.54, 1.807) is 56.2 Å². The van der Waals surface area contributed by atoms with Crippen molar-refractivity contribution in [2.75, 3.05) is 39.3 Å². The maximum atomic E-state index is 14.4. The third-order valence-corrected chi connectivity index (χ3v) is 8.89. The summed E-state index contributed by atoms with van der Waals surface area (Å²) in [5.41, 5.74) is 2.76. The van der Waals surface area contributed by atoms with Gasteiger partial charge in [-0.3, -0.25) is 19.0 Å². The first-order chi connectivity index (χ1) is 19.2. The molecule has 1 atom stereocenters. The van der Waals surface area contributed by atoms with Crippen molar-refractivity contribution >= 4 is 50.3 Å². The summed E-state index contributed by atoms with van der Waals surface area (Å²) >= 11 is 4.64. The summed E-state index contributed by atoms with van der Waals surface area (Å²) in [4.78, 5) is 50.2. The molecule has 208 valence electrons. The van der Waals surface area contributed by atoms with Crippen LogP contribution in [0.5, 0.6) is 11.5 Å². The molecule has 0 fully saturated rings. The predicted octanol–water partition coefficient (Wildman–Crippen LogP) is 3.23. The van der Waals surface area contributed by atoms with Gasteiger partial charge in [-0.25, -0.2) is 4.99 Å². The molecule has 0 saturated carbocycles. The fourth-order valence-corrected chi connectivity index (χ4v) is 6.78. The summed E-state index contributed by atoms with van der Waals surface area (Å²) in [6.45, 7) is 6.59. The van der Waals surface area contributed by atoms with Crippen molar-refractivity contribution in [2.45, 2.75) is 26.8 Å². The highest BCUT2D eigenvalue weighted by Crippen LogP contribution is 2.39. The van der Waals surface area contributed by atoms with Gasteiger partial charge in [0.25, 0.3) is 17.4 Å². The number of ether oxygens (including phenoxy) is 2. The lowest BCUT2D eigenvalue weighted by Gasteiger charge is -2.30. The Bertz CT molecular complexity index is 1770. The molecule has 3 heterocycles. The van der Waals surface area contributed by atoms with Gasteiger partial charge in [0.1, 0.15) is 22.1 Å². The van der Waals surface area contributed by atoms with E-state index in [2.05, 4.69) is 15.9 Å². The van der Waals surface area contributed by atoms with Crippen molar-refractivity contribution < 1.29 is 19.1 Å². The van der Waals surface area contributed by atoms with Gasteiger partial charge in [-0.05, 0) is 57.2 Å². The maximum absolute atomic E-state index is 14.4. The number of methoxy groups -OCH3 is 2. The lowest BCUT2D eigenvalue weighted by atomic mass is 9.93. The second-order valence-corrected chi connectivity index (χ2v) is 11.3. The van der Waals surface area contributed by atoms with E-state index in [0.29, 0.717) is 63.0 Å². The highest BCUT2D eigenvalue weighted by Gasteiger charge is 2.38. The summed E-state index contributed by atoms with van der Waals surface area (Å²) in [6.07, 6.45) is 0. The fraction of sp³-hybridized carbons (Fsp3) is 0.310. The molecule has 9 nitrogen and oxygen atoms in total. The average molecular weight is 626 g/mol. The SMILES string of the molecule is CCN(CC)C(=O)C1=C(C)N=c2s/c(=C3/C(=O)N(C)c4ccc(Br)cc43)c(=O)n2[C@@H]1c1cc(OC)ccc1OC. The third-order valence-electron chi connectivity index (χ3n) is 7.34. The number of amides is 2. The van der Waals surface area contributed by atoms with E-state index in [0.717, 1.165) is 15.8 Å². The molecule has 2 aliphatic rings. The Morgan fingerprint density at radius 3 is 2.48 bits per heavy atom. The van der Waals surface area contributed by atoms with Crippen LogP contribution in [-0.4, -0.2) is 55.6 Å². The van der Waals surface area contributed by atoms with Gasteiger partial charge in [-0.2, -0.15) is 0 Å². The first-order valence-electron chi connectivity index (χ1n) is 12.8. The van der Waals surface area contributed by atoms with Gasteiger partial charge >= 0.3 is 0 Å². The number of allylic oxidation sites excluding steroid dienone is 1. The van der Waals surface area contributed by atoms with Gasteiger partial charge in [-0.1, -0.05) is 27.3 Å². The molecule has 0 aliphatic carbocycles. The van der Waals surface area contributed by atoms with E-state index in [1.165, 1.54) is 4.57 Å². The Balaban J connectivity index is 1.88. The minimum absolute atomic E-state index is 0.218.